The van der Waals surface area contributed by atoms with Gasteiger partial charge >= 0.3 is 0 Å². The van der Waals surface area contributed by atoms with Gasteiger partial charge in [0.2, 0.25) is 0 Å². The SMILES string of the molecule is CN(CCc1cc(O)c(O)c(O)c1)C(=S)/C=C/c1cc(O)c(O)c(Br)c1. The molecule has 138 valence electrons. The van der Waals surface area contributed by atoms with Gasteiger partial charge in [-0.15, -0.1) is 0 Å². The lowest BCUT2D eigenvalue weighted by Crippen LogP contribution is -2.25. The quantitative estimate of drug-likeness (QED) is 0.276. The number of hydrogen-bond donors (Lipinski definition) is 5. The van der Waals surface area contributed by atoms with E-state index in [0.29, 0.717) is 33.6 Å². The highest BCUT2D eigenvalue weighted by atomic mass is 79.9. The maximum absolute atomic E-state index is 9.61. The van der Waals surface area contributed by atoms with E-state index in [1.807, 2.05) is 4.90 Å². The lowest BCUT2D eigenvalue weighted by atomic mass is 10.1. The third-order valence-corrected chi connectivity index (χ3v) is 4.78. The highest BCUT2D eigenvalue weighted by Gasteiger charge is 2.10. The van der Waals surface area contributed by atoms with Crippen LogP contribution < -0.4 is 0 Å². The summed E-state index contributed by atoms with van der Waals surface area (Å²) in [5, 5.41) is 47.5. The van der Waals surface area contributed by atoms with Crippen molar-refractivity contribution >= 4 is 39.2 Å². The van der Waals surface area contributed by atoms with Crippen LogP contribution >= 0.6 is 28.1 Å². The number of likely N-dealkylation sites (N-methyl/N-ethyl adjacent to an activating group) is 1. The fraction of sp³-hybridized carbons (Fsp3) is 0.167. The number of halogens is 1. The van der Waals surface area contributed by atoms with Gasteiger partial charge < -0.3 is 30.4 Å². The van der Waals surface area contributed by atoms with Crippen molar-refractivity contribution in [2.24, 2.45) is 0 Å². The summed E-state index contributed by atoms with van der Waals surface area (Å²) in [7, 11) is 1.80. The van der Waals surface area contributed by atoms with Gasteiger partial charge in [-0.1, -0.05) is 18.3 Å². The molecular formula is C18H18BrNO5S. The summed E-state index contributed by atoms with van der Waals surface area (Å²) in [4.78, 5) is 2.35. The molecular weight excluding hydrogens is 422 g/mol. The Morgan fingerprint density at radius 3 is 2.15 bits per heavy atom. The second kappa shape index (κ2) is 8.29. The normalized spacial score (nSPS) is 11.0. The fourth-order valence-corrected chi connectivity index (χ4v) is 2.83. The predicted molar refractivity (Wildman–Crippen MR) is 107 cm³/mol. The van der Waals surface area contributed by atoms with Crippen LogP contribution in [0, 0.1) is 0 Å². The smallest absolute Gasteiger partial charge is 0.200 e. The maximum Gasteiger partial charge on any atom is 0.200 e. The second-order valence-electron chi connectivity index (χ2n) is 5.70. The third kappa shape index (κ3) is 4.80. The van der Waals surface area contributed by atoms with E-state index < -0.39 is 5.75 Å². The molecule has 0 saturated carbocycles. The zero-order valence-corrected chi connectivity index (χ0v) is 16.3. The van der Waals surface area contributed by atoms with Gasteiger partial charge in [-0.05, 0) is 63.8 Å². The summed E-state index contributed by atoms with van der Waals surface area (Å²) < 4.78 is 0.378. The molecule has 0 unspecified atom stereocenters. The number of aromatic hydroxyl groups is 5. The topological polar surface area (TPSA) is 104 Å². The molecule has 0 bridgehead atoms. The van der Waals surface area contributed by atoms with Crippen molar-refractivity contribution < 1.29 is 25.5 Å². The number of nitrogens with zero attached hydrogens (tertiary/aromatic N) is 1. The molecule has 26 heavy (non-hydrogen) atoms. The Morgan fingerprint density at radius 1 is 1.00 bits per heavy atom. The van der Waals surface area contributed by atoms with Crippen molar-refractivity contribution in [1.29, 1.82) is 0 Å². The molecule has 0 atom stereocenters. The summed E-state index contributed by atoms with van der Waals surface area (Å²) >= 11 is 8.49. The molecule has 0 spiro atoms. The van der Waals surface area contributed by atoms with Gasteiger partial charge in [0.25, 0.3) is 0 Å². The minimum atomic E-state index is -0.538. The van der Waals surface area contributed by atoms with Crippen molar-refractivity contribution in [2.45, 2.75) is 6.42 Å². The molecule has 0 amide bonds. The molecule has 8 heteroatoms. The maximum atomic E-state index is 9.61. The van der Waals surface area contributed by atoms with Gasteiger partial charge in [0, 0.05) is 13.6 Å². The van der Waals surface area contributed by atoms with Gasteiger partial charge in [0.1, 0.15) is 4.99 Å². The van der Waals surface area contributed by atoms with Crippen LogP contribution in [0.15, 0.2) is 34.8 Å². The standard InChI is InChI=1S/C18H18BrNO5S/c1-20(5-4-11-8-14(22)18(25)15(23)9-11)16(26)3-2-10-6-12(19)17(24)13(21)7-10/h2-3,6-9,21-25H,4-5H2,1H3/b3-2+. The van der Waals surface area contributed by atoms with E-state index in [0.717, 1.165) is 0 Å². The lowest BCUT2D eigenvalue weighted by Gasteiger charge is -2.18. The first kappa shape index (κ1) is 19.9. The van der Waals surface area contributed by atoms with Crippen LogP contribution in [0.2, 0.25) is 0 Å². The van der Waals surface area contributed by atoms with Crippen LogP contribution in [0.5, 0.6) is 28.7 Å². The summed E-state index contributed by atoms with van der Waals surface area (Å²) in [5.41, 5.74) is 1.32. The summed E-state index contributed by atoms with van der Waals surface area (Å²) in [5.74, 6) is -1.73. The number of phenolic OH excluding ortho intramolecular Hbond substituents is 5. The highest BCUT2D eigenvalue weighted by Crippen LogP contribution is 2.36. The summed E-state index contributed by atoms with van der Waals surface area (Å²) in [6.07, 6.45) is 3.90. The first-order chi connectivity index (χ1) is 12.2. The number of benzene rings is 2. The Labute approximate surface area is 164 Å². The Kier molecular flexibility index (Phi) is 6.33. The molecule has 0 aliphatic carbocycles. The molecule has 2 rings (SSSR count). The average molecular weight is 440 g/mol. The zero-order chi connectivity index (χ0) is 19.4. The van der Waals surface area contributed by atoms with E-state index in [1.54, 1.807) is 25.3 Å². The molecule has 0 heterocycles. The van der Waals surface area contributed by atoms with Crippen LogP contribution in [0.25, 0.3) is 6.08 Å². The van der Waals surface area contributed by atoms with Crippen LogP contribution in [-0.2, 0) is 6.42 Å². The van der Waals surface area contributed by atoms with Gasteiger partial charge in [-0.2, -0.15) is 0 Å². The van der Waals surface area contributed by atoms with Gasteiger partial charge in [-0.25, -0.2) is 0 Å². The van der Waals surface area contributed by atoms with Crippen LogP contribution in [-0.4, -0.2) is 49.0 Å². The fourth-order valence-electron chi connectivity index (χ4n) is 2.21. The molecule has 6 nitrogen and oxygen atoms in total. The van der Waals surface area contributed by atoms with Gasteiger partial charge in [0.15, 0.2) is 28.7 Å². The zero-order valence-electron chi connectivity index (χ0n) is 13.8. The summed E-state index contributed by atoms with van der Waals surface area (Å²) in [6.45, 7) is 0.525. The molecule has 2 aromatic carbocycles. The van der Waals surface area contributed by atoms with Crippen molar-refractivity contribution in [3.8, 4) is 28.7 Å². The molecule has 0 aliphatic heterocycles. The second-order valence-corrected chi connectivity index (χ2v) is 6.97. The third-order valence-electron chi connectivity index (χ3n) is 3.73. The summed E-state index contributed by atoms with van der Waals surface area (Å²) in [6, 6.07) is 5.84. The van der Waals surface area contributed by atoms with Gasteiger partial charge in [0.05, 0.1) is 4.47 Å². The van der Waals surface area contributed by atoms with E-state index in [-0.39, 0.29) is 23.0 Å². The minimum absolute atomic E-state index is 0.220. The Hall–Kier alpha value is -2.45. The Balaban J connectivity index is 1.99. The molecule has 0 saturated heterocycles. The van der Waals surface area contributed by atoms with Crippen LogP contribution in [0.3, 0.4) is 0 Å². The van der Waals surface area contributed by atoms with E-state index >= 15 is 0 Å². The first-order valence-corrected chi connectivity index (χ1v) is 8.77. The van der Waals surface area contributed by atoms with Crippen molar-refractivity contribution in [3.05, 3.63) is 45.9 Å². The molecule has 2 aromatic rings. The number of thiocarbonyl (C=S) groups is 1. The molecule has 0 aromatic heterocycles. The Bertz CT molecular complexity index is 823. The van der Waals surface area contributed by atoms with Crippen molar-refractivity contribution in [1.82, 2.24) is 4.90 Å². The molecule has 0 radical (unpaired) electrons. The van der Waals surface area contributed by atoms with Gasteiger partial charge in [-0.3, -0.25) is 0 Å². The van der Waals surface area contributed by atoms with E-state index in [2.05, 4.69) is 15.9 Å². The van der Waals surface area contributed by atoms with Crippen LogP contribution in [0.4, 0.5) is 0 Å². The molecule has 5 N–H and O–H groups in total. The largest absolute Gasteiger partial charge is 0.504 e. The molecule has 0 aliphatic rings. The predicted octanol–water partition coefficient (Wildman–Crippen LogP) is 3.49. The first-order valence-electron chi connectivity index (χ1n) is 7.57. The monoisotopic (exact) mass is 439 g/mol. The van der Waals surface area contributed by atoms with E-state index in [1.165, 1.54) is 18.2 Å². The van der Waals surface area contributed by atoms with Crippen LogP contribution in [0.1, 0.15) is 11.1 Å². The minimum Gasteiger partial charge on any atom is -0.504 e. The van der Waals surface area contributed by atoms with E-state index in [9.17, 15) is 25.5 Å². The van der Waals surface area contributed by atoms with E-state index in [4.69, 9.17) is 12.2 Å². The number of phenols is 5. The lowest BCUT2D eigenvalue weighted by molar-refractivity contribution is 0.366. The highest BCUT2D eigenvalue weighted by molar-refractivity contribution is 9.10. The average Bonchev–Trinajstić information content (AvgIpc) is 2.59. The van der Waals surface area contributed by atoms with Crippen molar-refractivity contribution in [2.75, 3.05) is 13.6 Å². The van der Waals surface area contributed by atoms with Crippen molar-refractivity contribution in [3.63, 3.8) is 0 Å². The number of rotatable bonds is 5. The number of hydrogen-bond acceptors (Lipinski definition) is 6. The molecule has 0 fully saturated rings. The Morgan fingerprint density at radius 2 is 1.58 bits per heavy atom.